The fourth-order valence-corrected chi connectivity index (χ4v) is 2.49. The molecule has 2 N–H and O–H groups in total. The van der Waals surface area contributed by atoms with E-state index >= 15 is 0 Å². The minimum Gasteiger partial charge on any atom is -0.477 e. The summed E-state index contributed by atoms with van der Waals surface area (Å²) in [5.41, 5.74) is -0.0945. The fourth-order valence-electron chi connectivity index (χ4n) is 2.49. The maximum atomic E-state index is 11.9. The van der Waals surface area contributed by atoms with Crippen LogP contribution in [0.5, 0.6) is 0 Å². The number of hydrogen-bond acceptors (Lipinski definition) is 4. The molecule has 6 nitrogen and oxygen atoms in total. The zero-order chi connectivity index (χ0) is 13.3. The van der Waals surface area contributed by atoms with Crippen molar-refractivity contribution >= 4 is 17.6 Å². The largest absolute Gasteiger partial charge is 0.477 e. The van der Waals surface area contributed by atoms with Gasteiger partial charge in [0.25, 0.3) is 5.91 Å². The number of nitrogens with zero attached hydrogens (tertiary/aromatic N) is 1. The number of aliphatic carboxylic acids is 1. The van der Waals surface area contributed by atoms with Crippen LogP contribution in [0.4, 0.5) is 0 Å². The molecule has 0 aromatic rings. The molecule has 0 aromatic carbocycles. The Morgan fingerprint density at radius 3 is 2.61 bits per heavy atom. The van der Waals surface area contributed by atoms with E-state index in [1.165, 1.54) is 0 Å². The highest BCUT2D eigenvalue weighted by Gasteiger charge is 2.36. The molecule has 6 heteroatoms. The van der Waals surface area contributed by atoms with Gasteiger partial charge >= 0.3 is 5.97 Å². The number of carbonyl (C=O) groups excluding carboxylic acids is 1. The number of nitrogens with one attached hydrogen (secondary N) is 1. The molecule has 0 saturated heterocycles. The summed E-state index contributed by atoms with van der Waals surface area (Å²) in [4.78, 5) is 27.4. The lowest BCUT2D eigenvalue weighted by Gasteiger charge is -2.20. The van der Waals surface area contributed by atoms with Crippen LogP contribution in [0.2, 0.25) is 0 Å². The highest BCUT2D eigenvalue weighted by atomic mass is 16.6. The molecule has 18 heavy (non-hydrogen) atoms. The lowest BCUT2D eigenvalue weighted by molar-refractivity contribution is -0.132. The Morgan fingerprint density at radius 1 is 1.39 bits per heavy atom. The van der Waals surface area contributed by atoms with Crippen LogP contribution in [-0.2, 0) is 14.4 Å². The van der Waals surface area contributed by atoms with Gasteiger partial charge in [-0.3, -0.25) is 4.79 Å². The molecule has 4 unspecified atom stereocenters. The molecule has 1 fully saturated rings. The van der Waals surface area contributed by atoms with Crippen LogP contribution < -0.4 is 5.32 Å². The molecule has 1 aliphatic carbocycles. The van der Waals surface area contributed by atoms with Gasteiger partial charge in [0.2, 0.25) is 6.10 Å². The normalized spacial score (nSPS) is 34.9. The van der Waals surface area contributed by atoms with Gasteiger partial charge in [0.05, 0.1) is 0 Å². The van der Waals surface area contributed by atoms with Crippen molar-refractivity contribution in [1.29, 1.82) is 0 Å². The smallest absolute Gasteiger partial charge is 0.353 e. The van der Waals surface area contributed by atoms with E-state index in [1.54, 1.807) is 0 Å². The summed E-state index contributed by atoms with van der Waals surface area (Å²) >= 11 is 0. The van der Waals surface area contributed by atoms with E-state index in [4.69, 9.17) is 9.94 Å². The molecule has 100 valence electrons. The fraction of sp³-hybridized carbons (Fsp3) is 0.750. The second-order valence-electron chi connectivity index (χ2n) is 5.17. The Bertz CT molecular complexity index is 394. The second kappa shape index (κ2) is 4.96. The first-order chi connectivity index (χ1) is 8.49. The maximum Gasteiger partial charge on any atom is 0.353 e. The van der Waals surface area contributed by atoms with Crippen molar-refractivity contribution < 1.29 is 19.5 Å². The van der Waals surface area contributed by atoms with Gasteiger partial charge in [-0.1, -0.05) is 19.0 Å². The van der Waals surface area contributed by atoms with E-state index < -0.39 is 12.1 Å². The first kappa shape index (κ1) is 12.9. The van der Waals surface area contributed by atoms with Crippen LogP contribution in [-0.4, -0.2) is 34.8 Å². The average Bonchev–Trinajstić information content (AvgIpc) is 2.91. The third-order valence-electron chi connectivity index (χ3n) is 4.00. The second-order valence-corrected chi connectivity index (χ2v) is 5.17. The third-order valence-corrected chi connectivity index (χ3v) is 4.00. The first-order valence-electron chi connectivity index (χ1n) is 6.25. The number of carboxylic acid groups (broad SMARTS) is 1. The molecule has 0 spiro atoms. The van der Waals surface area contributed by atoms with Crippen molar-refractivity contribution in [1.82, 2.24) is 5.32 Å². The number of carbonyl (C=O) groups is 2. The van der Waals surface area contributed by atoms with E-state index in [0.29, 0.717) is 11.8 Å². The molecular weight excluding hydrogens is 236 g/mol. The van der Waals surface area contributed by atoms with Crippen LogP contribution in [0, 0.1) is 11.8 Å². The van der Waals surface area contributed by atoms with Gasteiger partial charge in [-0.05, 0) is 24.7 Å². The molecular formula is C12H18N2O4. The quantitative estimate of drug-likeness (QED) is 0.778. The zero-order valence-corrected chi connectivity index (χ0v) is 10.5. The van der Waals surface area contributed by atoms with Crippen LogP contribution >= 0.6 is 0 Å². The lowest BCUT2D eigenvalue weighted by Crippen LogP contribution is -2.43. The van der Waals surface area contributed by atoms with Crippen molar-refractivity contribution in [3.8, 4) is 0 Å². The number of carboxylic acids is 1. The monoisotopic (exact) mass is 254 g/mol. The summed E-state index contributed by atoms with van der Waals surface area (Å²) in [6.07, 6.45) is 1.32. The predicted octanol–water partition coefficient (Wildman–Crippen LogP) is 0.767. The Balaban J connectivity index is 1.85. The van der Waals surface area contributed by atoms with Crippen molar-refractivity contribution in [2.24, 2.45) is 17.0 Å². The zero-order valence-electron chi connectivity index (χ0n) is 10.5. The summed E-state index contributed by atoms with van der Waals surface area (Å²) in [5.74, 6) is -0.352. The number of rotatable bonds is 3. The predicted molar refractivity (Wildman–Crippen MR) is 64.1 cm³/mol. The van der Waals surface area contributed by atoms with E-state index in [0.717, 1.165) is 12.8 Å². The van der Waals surface area contributed by atoms with E-state index in [2.05, 4.69) is 24.3 Å². The molecule has 1 saturated carbocycles. The summed E-state index contributed by atoms with van der Waals surface area (Å²) in [7, 11) is 0. The van der Waals surface area contributed by atoms with Crippen LogP contribution in [0.1, 0.15) is 33.1 Å². The van der Waals surface area contributed by atoms with Gasteiger partial charge in [-0.2, -0.15) is 0 Å². The van der Waals surface area contributed by atoms with Crippen molar-refractivity contribution in [3.05, 3.63) is 0 Å². The first-order valence-corrected chi connectivity index (χ1v) is 6.25. The Hall–Kier alpha value is -1.59. The topological polar surface area (TPSA) is 88.0 Å². The molecule has 0 bridgehead atoms. The molecule has 2 rings (SSSR count). The minimum absolute atomic E-state index is 0.0395. The van der Waals surface area contributed by atoms with E-state index in [9.17, 15) is 9.59 Å². The van der Waals surface area contributed by atoms with E-state index in [-0.39, 0.29) is 24.1 Å². The van der Waals surface area contributed by atoms with Gasteiger partial charge < -0.3 is 15.3 Å². The number of amides is 1. The number of hydrogen-bond donors (Lipinski definition) is 2. The molecule has 1 amide bonds. The highest BCUT2D eigenvalue weighted by molar-refractivity contribution is 6.36. The molecule has 1 heterocycles. The van der Waals surface area contributed by atoms with Crippen LogP contribution in [0.3, 0.4) is 0 Å². The van der Waals surface area contributed by atoms with Gasteiger partial charge in [0.1, 0.15) is 0 Å². The standard InChI is InChI=1S/C12H18N2O4/c1-6-3-4-8(7(6)2)13-11(15)10-5-9(12(16)17)14-18-10/h6-8,10H,3-5H2,1-2H3,(H,13,15)(H,16,17). The number of oxime groups is 1. The Kier molecular flexibility index (Phi) is 3.54. The molecule has 2 aliphatic rings. The maximum absolute atomic E-state index is 11.9. The van der Waals surface area contributed by atoms with Crippen LogP contribution in [0.25, 0.3) is 0 Å². The third kappa shape index (κ3) is 2.47. The Morgan fingerprint density at radius 2 is 2.11 bits per heavy atom. The Labute approximate surface area is 105 Å². The summed E-state index contributed by atoms with van der Waals surface area (Å²) < 4.78 is 0. The molecule has 0 radical (unpaired) electrons. The molecule has 1 aliphatic heterocycles. The van der Waals surface area contributed by atoms with Crippen molar-refractivity contribution in [3.63, 3.8) is 0 Å². The molecule has 4 atom stereocenters. The summed E-state index contributed by atoms with van der Waals surface area (Å²) in [6, 6.07) is 0.157. The summed E-state index contributed by atoms with van der Waals surface area (Å²) in [6.45, 7) is 4.30. The SMILES string of the molecule is CC1CCC(NC(=O)C2CC(C(=O)O)=NO2)C1C. The average molecular weight is 254 g/mol. The van der Waals surface area contributed by atoms with Gasteiger partial charge in [0, 0.05) is 12.5 Å². The summed E-state index contributed by atoms with van der Waals surface area (Å²) in [5, 5.41) is 15.1. The minimum atomic E-state index is -1.13. The van der Waals surface area contributed by atoms with Gasteiger partial charge in [-0.25, -0.2) is 4.79 Å². The van der Waals surface area contributed by atoms with E-state index in [1.807, 2.05) is 0 Å². The molecule has 0 aromatic heterocycles. The van der Waals surface area contributed by atoms with Gasteiger partial charge in [0.15, 0.2) is 5.71 Å². The lowest BCUT2D eigenvalue weighted by atomic mass is 9.97. The van der Waals surface area contributed by atoms with Gasteiger partial charge in [-0.15, -0.1) is 0 Å². The van der Waals surface area contributed by atoms with Crippen molar-refractivity contribution in [2.75, 3.05) is 0 Å². The van der Waals surface area contributed by atoms with Crippen LogP contribution in [0.15, 0.2) is 5.16 Å². The van der Waals surface area contributed by atoms with Crippen molar-refractivity contribution in [2.45, 2.75) is 45.3 Å². The highest BCUT2D eigenvalue weighted by Crippen LogP contribution is 2.31.